The average molecular weight is 269 g/mol. The van der Waals surface area contributed by atoms with Crippen LogP contribution in [-0.2, 0) is 4.79 Å². The van der Waals surface area contributed by atoms with Gasteiger partial charge in [-0.3, -0.25) is 4.79 Å². The van der Waals surface area contributed by atoms with Crippen molar-refractivity contribution in [2.45, 2.75) is 26.3 Å². The molecule has 1 rings (SSSR count). The number of aliphatic hydroxyl groups is 1. The van der Waals surface area contributed by atoms with Crippen LogP contribution >= 0.6 is 0 Å². The first-order valence-corrected chi connectivity index (χ1v) is 6.32. The molecule has 0 fully saturated rings. The van der Waals surface area contributed by atoms with E-state index in [0.717, 1.165) is 0 Å². The summed E-state index contributed by atoms with van der Waals surface area (Å²) in [5.74, 6) is -0.373. The summed E-state index contributed by atoms with van der Waals surface area (Å²) < 4.78 is 18.4. The fraction of sp³-hybridized carbons (Fsp3) is 0.500. The molecule has 1 aromatic carbocycles. The van der Waals surface area contributed by atoms with Gasteiger partial charge < -0.3 is 15.2 Å². The summed E-state index contributed by atoms with van der Waals surface area (Å²) in [5.41, 5.74) is 0. The molecule has 0 aromatic heterocycles. The number of ether oxygens (including phenoxy) is 1. The van der Waals surface area contributed by atoms with Gasteiger partial charge in [0.2, 0.25) is 5.91 Å². The van der Waals surface area contributed by atoms with Crippen molar-refractivity contribution in [1.29, 1.82) is 0 Å². The lowest BCUT2D eigenvalue weighted by Crippen LogP contribution is -2.41. The number of rotatable bonds is 7. The summed E-state index contributed by atoms with van der Waals surface area (Å²) in [6, 6.07) is 5.79. The second kappa shape index (κ2) is 7.74. The minimum Gasteiger partial charge on any atom is -0.490 e. The molecule has 5 heteroatoms. The van der Waals surface area contributed by atoms with Gasteiger partial charge in [-0.2, -0.15) is 0 Å². The van der Waals surface area contributed by atoms with E-state index in [9.17, 15) is 9.18 Å². The van der Waals surface area contributed by atoms with Crippen LogP contribution in [-0.4, -0.2) is 30.3 Å². The van der Waals surface area contributed by atoms with Gasteiger partial charge in [-0.15, -0.1) is 0 Å². The number of benzene rings is 1. The molecule has 19 heavy (non-hydrogen) atoms. The number of hydrogen-bond acceptors (Lipinski definition) is 3. The Morgan fingerprint density at radius 1 is 1.42 bits per heavy atom. The van der Waals surface area contributed by atoms with Crippen LogP contribution in [0.15, 0.2) is 24.3 Å². The second-order valence-corrected chi connectivity index (χ2v) is 4.63. The molecule has 0 heterocycles. The van der Waals surface area contributed by atoms with Gasteiger partial charge in [0.05, 0.1) is 25.7 Å². The van der Waals surface area contributed by atoms with Crippen molar-refractivity contribution >= 4 is 5.91 Å². The molecule has 2 N–H and O–H groups in total. The smallest absolute Gasteiger partial charge is 0.223 e. The van der Waals surface area contributed by atoms with Crippen molar-refractivity contribution in [3.63, 3.8) is 0 Å². The van der Waals surface area contributed by atoms with E-state index >= 15 is 0 Å². The number of nitrogens with one attached hydrogen (secondary N) is 1. The minimum atomic E-state index is -0.446. The molecule has 106 valence electrons. The van der Waals surface area contributed by atoms with Crippen molar-refractivity contribution in [3.8, 4) is 5.75 Å². The Bertz CT molecular complexity index is 409. The quantitative estimate of drug-likeness (QED) is 0.792. The van der Waals surface area contributed by atoms with E-state index in [4.69, 9.17) is 9.84 Å². The zero-order valence-corrected chi connectivity index (χ0v) is 11.2. The molecule has 0 spiro atoms. The first kappa shape index (κ1) is 15.4. The molecule has 0 saturated carbocycles. The minimum absolute atomic E-state index is 0.0996. The monoisotopic (exact) mass is 269 g/mol. The summed E-state index contributed by atoms with van der Waals surface area (Å²) in [5, 5.41) is 11.8. The van der Waals surface area contributed by atoms with E-state index in [0.29, 0.717) is 0 Å². The number of para-hydroxylation sites is 1. The van der Waals surface area contributed by atoms with Crippen LogP contribution in [0.2, 0.25) is 0 Å². The molecular formula is C14H20FNO3. The molecule has 0 radical (unpaired) electrons. The van der Waals surface area contributed by atoms with Crippen LogP contribution in [0.4, 0.5) is 4.39 Å². The number of hydrogen-bond donors (Lipinski definition) is 2. The predicted molar refractivity (Wildman–Crippen MR) is 70.4 cm³/mol. The molecule has 0 bridgehead atoms. The lowest BCUT2D eigenvalue weighted by molar-refractivity contribution is -0.123. The standard InChI is InChI=1S/C14H20FNO3/c1-10(2)12(9-17)16-14(18)7-8-19-13-6-4-3-5-11(13)15/h3-6,10,12,17H,7-9H2,1-2H3,(H,16,18)/t12-/m1/s1. The van der Waals surface area contributed by atoms with E-state index in [1.807, 2.05) is 13.8 Å². The maximum atomic E-state index is 13.2. The SMILES string of the molecule is CC(C)[C@@H](CO)NC(=O)CCOc1ccccc1F. The van der Waals surface area contributed by atoms with Crippen LogP contribution in [0.1, 0.15) is 20.3 Å². The Labute approximate surface area is 112 Å². The summed E-state index contributed by atoms with van der Waals surface area (Å²) in [6.45, 7) is 3.83. The van der Waals surface area contributed by atoms with Gasteiger partial charge in [0.15, 0.2) is 11.6 Å². The number of carbonyl (C=O) groups is 1. The maximum absolute atomic E-state index is 13.2. The molecular weight excluding hydrogens is 249 g/mol. The summed E-state index contributed by atoms with van der Waals surface area (Å²) in [6.07, 6.45) is 0.123. The van der Waals surface area contributed by atoms with Gasteiger partial charge in [-0.05, 0) is 18.1 Å². The van der Waals surface area contributed by atoms with Crippen LogP contribution < -0.4 is 10.1 Å². The zero-order valence-electron chi connectivity index (χ0n) is 11.2. The second-order valence-electron chi connectivity index (χ2n) is 4.63. The molecule has 0 aliphatic heterocycles. The van der Waals surface area contributed by atoms with Crippen molar-refractivity contribution in [1.82, 2.24) is 5.32 Å². The van der Waals surface area contributed by atoms with Crippen LogP contribution in [0.5, 0.6) is 5.75 Å². The first-order valence-electron chi connectivity index (χ1n) is 6.32. The van der Waals surface area contributed by atoms with E-state index in [1.165, 1.54) is 12.1 Å². The molecule has 1 aromatic rings. The number of aliphatic hydroxyl groups excluding tert-OH is 1. The van der Waals surface area contributed by atoms with Gasteiger partial charge in [-0.25, -0.2) is 4.39 Å². The fourth-order valence-electron chi connectivity index (χ4n) is 1.52. The third kappa shape index (κ3) is 5.26. The lowest BCUT2D eigenvalue weighted by atomic mass is 10.1. The molecule has 1 amide bonds. The highest BCUT2D eigenvalue weighted by Gasteiger charge is 2.14. The third-order valence-electron chi connectivity index (χ3n) is 2.77. The average Bonchev–Trinajstić information content (AvgIpc) is 2.38. The summed E-state index contributed by atoms with van der Waals surface area (Å²) in [4.78, 5) is 11.6. The van der Waals surface area contributed by atoms with Gasteiger partial charge in [-0.1, -0.05) is 26.0 Å². The Hall–Kier alpha value is -1.62. The van der Waals surface area contributed by atoms with E-state index in [2.05, 4.69) is 5.32 Å². The predicted octanol–water partition coefficient (Wildman–Crippen LogP) is 1.73. The van der Waals surface area contributed by atoms with Crippen molar-refractivity contribution in [3.05, 3.63) is 30.1 Å². The zero-order chi connectivity index (χ0) is 14.3. The Morgan fingerprint density at radius 3 is 2.68 bits per heavy atom. The van der Waals surface area contributed by atoms with Gasteiger partial charge >= 0.3 is 0 Å². The Morgan fingerprint density at radius 2 is 2.11 bits per heavy atom. The van der Waals surface area contributed by atoms with Crippen LogP contribution in [0.25, 0.3) is 0 Å². The summed E-state index contributed by atoms with van der Waals surface area (Å²) >= 11 is 0. The lowest BCUT2D eigenvalue weighted by Gasteiger charge is -2.19. The van der Waals surface area contributed by atoms with Crippen molar-refractivity contribution < 1.29 is 19.0 Å². The van der Waals surface area contributed by atoms with E-state index in [1.54, 1.807) is 12.1 Å². The topological polar surface area (TPSA) is 58.6 Å². The summed E-state index contributed by atoms with van der Waals surface area (Å²) in [7, 11) is 0. The highest BCUT2D eigenvalue weighted by Crippen LogP contribution is 2.15. The first-order chi connectivity index (χ1) is 9.04. The van der Waals surface area contributed by atoms with Gasteiger partial charge in [0, 0.05) is 0 Å². The van der Waals surface area contributed by atoms with Crippen molar-refractivity contribution in [2.75, 3.05) is 13.2 Å². The highest BCUT2D eigenvalue weighted by atomic mass is 19.1. The van der Waals surface area contributed by atoms with Crippen LogP contribution in [0, 0.1) is 11.7 Å². The molecule has 0 saturated heterocycles. The van der Waals surface area contributed by atoms with E-state index < -0.39 is 5.82 Å². The number of amides is 1. The maximum Gasteiger partial charge on any atom is 0.223 e. The van der Waals surface area contributed by atoms with E-state index in [-0.39, 0.29) is 43.3 Å². The molecule has 0 aliphatic rings. The Balaban J connectivity index is 2.33. The fourth-order valence-corrected chi connectivity index (χ4v) is 1.52. The van der Waals surface area contributed by atoms with Gasteiger partial charge in [0.25, 0.3) is 0 Å². The molecule has 0 aliphatic carbocycles. The molecule has 4 nitrogen and oxygen atoms in total. The van der Waals surface area contributed by atoms with Crippen molar-refractivity contribution in [2.24, 2.45) is 5.92 Å². The molecule has 1 atom stereocenters. The number of halogens is 1. The Kier molecular flexibility index (Phi) is 6.29. The number of carbonyl (C=O) groups excluding carboxylic acids is 1. The largest absolute Gasteiger partial charge is 0.490 e. The third-order valence-corrected chi connectivity index (χ3v) is 2.77. The van der Waals surface area contributed by atoms with Gasteiger partial charge in [0.1, 0.15) is 0 Å². The highest BCUT2D eigenvalue weighted by molar-refractivity contribution is 5.76. The molecule has 0 unspecified atom stereocenters. The van der Waals surface area contributed by atoms with Crippen LogP contribution in [0.3, 0.4) is 0 Å². The normalized spacial score (nSPS) is 12.3.